The maximum atomic E-state index is 12.2. The molecule has 0 aliphatic heterocycles. The SMILES string of the molecule is CCOC(=O)[C@@H](N[S@@](=O)C(C)(C)C)c1ccc(OC)cc1. The fraction of sp³-hybridized carbons (Fsp3) is 0.533. The molecule has 0 aliphatic carbocycles. The van der Waals surface area contributed by atoms with Crippen molar-refractivity contribution in [1.29, 1.82) is 0 Å². The molecule has 0 aliphatic rings. The average molecular weight is 313 g/mol. The van der Waals surface area contributed by atoms with Gasteiger partial charge in [-0.05, 0) is 45.4 Å². The van der Waals surface area contributed by atoms with Crippen LogP contribution < -0.4 is 9.46 Å². The van der Waals surface area contributed by atoms with Crippen molar-refractivity contribution in [2.75, 3.05) is 13.7 Å². The average Bonchev–Trinajstić information content (AvgIpc) is 2.43. The maximum Gasteiger partial charge on any atom is 0.328 e. The van der Waals surface area contributed by atoms with Crippen molar-refractivity contribution in [3.63, 3.8) is 0 Å². The third kappa shape index (κ3) is 5.13. The Morgan fingerprint density at radius 2 is 1.86 bits per heavy atom. The highest BCUT2D eigenvalue weighted by atomic mass is 32.2. The van der Waals surface area contributed by atoms with Crippen molar-refractivity contribution in [2.45, 2.75) is 38.5 Å². The van der Waals surface area contributed by atoms with E-state index in [2.05, 4.69) is 4.72 Å². The highest BCUT2D eigenvalue weighted by molar-refractivity contribution is 7.84. The fourth-order valence-electron chi connectivity index (χ4n) is 1.56. The van der Waals surface area contributed by atoms with E-state index >= 15 is 0 Å². The van der Waals surface area contributed by atoms with Crippen LogP contribution in [-0.2, 0) is 20.5 Å². The van der Waals surface area contributed by atoms with E-state index < -0.39 is 27.7 Å². The van der Waals surface area contributed by atoms with E-state index in [0.717, 1.165) is 0 Å². The summed E-state index contributed by atoms with van der Waals surface area (Å²) in [6.07, 6.45) is 0. The number of methoxy groups -OCH3 is 1. The molecule has 1 N–H and O–H groups in total. The number of benzene rings is 1. The van der Waals surface area contributed by atoms with Gasteiger partial charge in [-0.1, -0.05) is 12.1 Å². The van der Waals surface area contributed by atoms with Crippen LogP contribution in [0.2, 0.25) is 0 Å². The Kier molecular flexibility index (Phi) is 6.36. The van der Waals surface area contributed by atoms with E-state index in [1.54, 1.807) is 38.3 Å². The minimum Gasteiger partial charge on any atom is -0.497 e. The molecule has 0 bridgehead atoms. The maximum absolute atomic E-state index is 12.2. The fourth-order valence-corrected chi connectivity index (χ4v) is 2.36. The highest BCUT2D eigenvalue weighted by Gasteiger charge is 2.28. The Morgan fingerprint density at radius 3 is 2.29 bits per heavy atom. The Labute approximate surface area is 128 Å². The number of esters is 1. The van der Waals surface area contributed by atoms with Crippen LogP contribution in [0.1, 0.15) is 39.3 Å². The van der Waals surface area contributed by atoms with Gasteiger partial charge in [-0.2, -0.15) is 0 Å². The summed E-state index contributed by atoms with van der Waals surface area (Å²) in [6.45, 7) is 7.53. The summed E-state index contributed by atoms with van der Waals surface area (Å²) in [7, 11) is 0.193. The summed E-state index contributed by atoms with van der Waals surface area (Å²) in [5, 5.41) is 0. The number of ether oxygens (including phenoxy) is 2. The summed E-state index contributed by atoms with van der Waals surface area (Å²) in [6, 6.07) is 6.25. The lowest BCUT2D eigenvalue weighted by molar-refractivity contribution is -0.145. The first-order valence-corrected chi connectivity index (χ1v) is 7.93. The Morgan fingerprint density at radius 1 is 1.29 bits per heavy atom. The molecule has 0 amide bonds. The molecule has 0 saturated heterocycles. The zero-order chi connectivity index (χ0) is 16.0. The first-order valence-electron chi connectivity index (χ1n) is 6.78. The number of carbonyl (C=O) groups excluding carboxylic acids is 1. The van der Waals surface area contributed by atoms with Crippen LogP contribution in [0.15, 0.2) is 24.3 Å². The lowest BCUT2D eigenvalue weighted by Crippen LogP contribution is -2.39. The molecule has 0 aromatic heterocycles. The van der Waals surface area contributed by atoms with E-state index in [9.17, 15) is 9.00 Å². The zero-order valence-corrected chi connectivity index (χ0v) is 14.0. The van der Waals surface area contributed by atoms with Crippen molar-refractivity contribution in [3.05, 3.63) is 29.8 Å². The Balaban J connectivity index is 3.01. The lowest BCUT2D eigenvalue weighted by Gasteiger charge is -2.23. The van der Waals surface area contributed by atoms with Gasteiger partial charge >= 0.3 is 5.97 Å². The van der Waals surface area contributed by atoms with E-state index in [0.29, 0.717) is 11.3 Å². The largest absolute Gasteiger partial charge is 0.497 e. The standard InChI is InChI=1S/C15H23NO4S/c1-6-20-14(17)13(16-21(18)15(2,3)4)11-7-9-12(19-5)10-8-11/h7-10,13,16H,6H2,1-5H3/t13-,21-/m0/s1. The van der Waals surface area contributed by atoms with Gasteiger partial charge in [0, 0.05) is 0 Å². The summed E-state index contributed by atoms with van der Waals surface area (Å²) in [4.78, 5) is 12.1. The molecule has 1 aromatic carbocycles. The molecule has 6 heteroatoms. The van der Waals surface area contributed by atoms with Gasteiger partial charge in [-0.3, -0.25) is 0 Å². The first-order chi connectivity index (χ1) is 9.79. The van der Waals surface area contributed by atoms with E-state index in [1.807, 2.05) is 20.8 Å². The van der Waals surface area contributed by atoms with Gasteiger partial charge in [0.2, 0.25) is 0 Å². The molecule has 1 aromatic rings. The van der Waals surface area contributed by atoms with Crippen LogP contribution in [0.25, 0.3) is 0 Å². The molecule has 0 radical (unpaired) electrons. The van der Waals surface area contributed by atoms with Gasteiger partial charge in [-0.25, -0.2) is 13.7 Å². The van der Waals surface area contributed by atoms with E-state index in [-0.39, 0.29) is 6.61 Å². The molecule has 21 heavy (non-hydrogen) atoms. The molecule has 1 rings (SSSR count). The molecule has 0 fully saturated rings. The minimum atomic E-state index is -1.38. The normalized spacial score (nSPS) is 14.3. The van der Waals surface area contributed by atoms with Gasteiger partial charge in [0.25, 0.3) is 0 Å². The molecule has 118 valence electrons. The summed E-state index contributed by atoms with van der Waals surface area (Å²) < 4.78 is 24.8. The topological polar surface area (TPSA) is 64.6 Å². The lowest BCUT2D eigenvalue weighted by atomic mass is 10.1. The van der Waals surface area contributed by atoms with E-state index in [4.69, 9.17) is 9.47 Å². The van der Waals surface area contributed by atoms with Crippen molar-refractivity contribution < 1.29 is 18.5 Å². The Hall–Kier alpha value is -1.40. The summed E-state index contributed by atoms with van der Waals surface area (Å²) in [5.41, 5.74) is 0.687. The zero-order valence-electron chi connectivity index (χ0n) is 13.1. The highest BCUT2D eigenvalue weighted by Crippen LogP contribution is 2.21. The van der Waals surface area contributed by atoms with Gasteiger partial charge in [0.1, 0.15) is 11.8 Å². The second-order valence-electron chi connectivity index (χ2n) is 5.46. The third-order valence-electron chi connectivity index (χ3n) is 2.75. The van der Waals surface area contributed by atoms with Gasteiger partial charge in [0.15, 0.2) is 0 Å². The van der Waals surface area contributed by atoms with Gasteiger partial charge in [0.05, 0.1) is 29.4 Å². The number of nitrogens with one attached hydrogen (secondary N) is 1. The molecule has 5 nitrogen and oxygen atoms in total. The second-order valence-corrected chi connectivity index (χ2v) is 7.46. The minimum absolute atomic E-state index is 0.273. The van der Waals surface area contributed by atoms with Crippen LogP contribution >= 0.6 is 0 Å². The monoisotopic (exact) mass is 313 g/mol. The predicted molar refractivity (Wildman–Crippen MR) is 83.4 cm³/mol. The molecular weight excluding hydrogens is 290 g/mol. The van der Waals surface area contributed by atoms with Crippen LogP contribution in [0.5, 0.6) is 5.75 Å². The number of carbonyl (C=O) groups is 1. The van der Waals surface area contributed by atoms with Crippen LogP contribution in [0.3, 0.4) is 0 Å². The summed E-state index contributed by atoms with van der Waals surface area (Å²) in [5.74, 6) is 0.249. The van der Waals surface area contributed by atoms with Crippen molar-refractivity contribution >= 4 is 17.0 Å². The molecule has 2 atom stereocenters. The second kappa shape index (κ2) is 7.56. The van der Waals surface area contributed by atoms with Crippen LogP contribution in [0.4, 0.5) is 0 Å². The van der Waals surface area contributed by atoms with Crippen LogP contribution in [-0.4, -0.2) is 28.6 Å². The Bertz CT molecular complexity index is 493. The van der Waals surface area contributed by atoms with E-state index in [1.165, 1.54) is 0 Å². The molecule has 0 spiro atoms. The molecule has 0 heterocycles. The number of hydrogen-bond donors (Lipinski definition) is 1. The number of hydrogen-bond acceptors (Lipinski definition) is 4. The van der Waals surface area contributed by atoms with Crippen LogP contribution in [0, 0.1) is 0 Å². The van der Waals surface area contributed by atoms with Gasteiger partial charge < -0.3 is 9.47 Å². The van der Waals surface area contributed by atoms with Gasteiger partial charge in [-0.15, -0.1) is 0 Å². The molecule has 0 unspecified atom stereocenters. The van der Waals surface area contributed by atoms with Crippen molar-refractivity contribution in [1.82, 2.24) is 4.72 Å². The number of rotatable bonds is 6. The van der Waals surface area contributed by atoms with Crippen molar-refractivity contribution in [3.8, 4) is 5.75 Å². The molecule has 0 saturated carbocycles. The van der Waals surface area contributed by atoms with Crippen molar-refractivity contribution in [2.24, 2.45) is 0 Å². The first kappa shape index (κ1) is 17.7. The smallest absolute Gasteiger partial charge is 0.328 e. The predicted octanol–water partition coefficient (Wildman–Crippen LogP) is 2.35. The quantitative estimate of drug-likeness (QED) is 0.819. The third-order valence-corrected chi connectivity index (χ3v) is 4.31. The summed E-state index contributed by atoms with van der Waals surface area (Å²) >= 11 is 0. The molecular formula is C15H23NO4S.